The second kappa shape index (κ2) is 66.6. The van der Waals surface area contributed by atoms with Crippen molar-refractivity contribution in [2.24, 2.45) is 0 Å². The molecular formula is C72H130O6. The minimum Gasteiger partial charge on any atom is -0.462 e. The zero-order valence-electron chi connectivity index (χ0n) is 52.2. The molecule has 0 spiro atoms. The van der Waals surface area contributed by atoms with Crippen LogP contribution in [0.5, 0.6) is 0 Å². The molecule has 0 saturated carbocycles. The van der Waals surface area contributed by atoms with Crippen LogP contribution in [0, 0.1) is 0 Å². The maximum absolute atomic E-state index is 12.9. The van der Waals surface area contributed by atoms with E-state index in [2.05, 4.69) is 81.5 Å². The molecule has 1 atom stereocenters. The van der Waals surface area contributed by atoms with Crippen LogP contribution in [0.3, 0.4) is 0 Å². The van der Waals surface area contributed by atoms with Gasteiger partial charge in [-0.15, -0.1) is 0 Å². The first-order valence-corrected chi connectivity index (χ1v) is 34.3. The molecule has 1 unspecified atom stereocenters. The molecule has 0 rings (SSSR count). The maximum Gasteiger partial charge on any atom is 0.306 e. The summed E-state index contributed by atoms with van der Waals surface area (Å²) in [4.78, 5) is 38.2. The molecule has 0 aliphatic heterocycles. The summed E-state index contributed by atoms with van der Waals surface area (Å²) in [6, 6.07) is 0. The lowest BCUT2D eigenvalue weighted by Crippen LogP contribution is -2.30. The minimum atomic E-state index is -0.769. The zero-order valence-corrected chi connectivity index (χ0v) is 52.2. The third-order valence-electron chi connectivity index (χ3n) is 15.3. The second-order valence-electron chi connectivity index (χ2n) is 23.1. The summed E-state index contributed by atoms with van der Waals surface area (Å²) in [5, 5.41) is 0. The highest BCUT2D eigenvalue weighted by atomic mass is 16.6. The number of hydrogen-bond acceptors (Lipinski definition) is 6. The summed E-state index contributed by atoms with van der Waals surface area (Å²) in [7, 11) is 0. The van der Waals surface area contributed by atoms with Crippen molar-refractivity contribution in [2.45, 2.75) is 367 Å². The van der Waals surface area contributed by atoms with Crippen LogP contribution >= 0.6 is 0 Å². The standard InChI is InChI=1S/C72H130O6/c1-4-7-10-13-16-18-20-22-24-26-28-30-32-34-35-36-37-38-40-41-43-45-47-49-51-53-56-59-62-65-71(74)77-68-69(67-76-70(73)64-61-58-55-15-12-9-6-3)78-72(75)66-63-60-57-54-52-50-48-46-44-42-39-33-31-29-27-25-23-21-19-17-14-11-8-5-2/h7,10,16,18,22,24,28,30,34-35,69H,4-6,8-9,11-15,17,19-21,23,25-27,29,31-33,36-68H2,1-3H3/b10-7-,18-16-,24-22-,30-28-,35-34-. The van der Waals surface area contributed by atoms with Crippen molar-refractivity contribution in [3.8, 4) is 0 Å². The van der Waals surface area contributed by atoms with E-state index in [1.807, 2.05) is 0 Å². The van der Waals surface area contributed by atoms with E-state index in [1.165, 1.54) is 231 Å². The number of unbranched alkanes of at least 4 members (excludes halogenated alkanes) is 42. The predicted octanol–water partition coefficient (Wildman–Crippen LogP) is 23.5. The van der Waals surface area contributed by atoms with Gasteiger partial charge < -0.3 is 14.2 Å². The van der Waals surface area contributed by atoms with Crippen LogP contribution in [-0.2, 0) is 28.6 Å². The van der Waals surface area contributed by atoms with E-state index < -0.39 is 6.10 Å². The summed E-state index contributed by atoms with van der Waals surface area (Å²) >= 11 is 0. The second-order valence-corrected chi connectivity index (χ2v) is 23.1. The number of hydrogen-bond donors (Lipinski definition) is 0. The molecule has 6 nitrogen and oxygen atoms in total. The Kier molecular flexibility index (Phi) is 64.2. The highest BCUT2D eigenvalue weighted by Crippen LogP contribution is 2.18. The number of rotatable bonds is 63. The third-order valence-corrected chi connectivity index (χ3v) is 15.3. The lowest BCUT2D eigenvalue weighted by molar-refractivity contribution is -0.167. The van der Waals surface area contributed by atoms with Gasteiger partial charge in [0.05, 0.1) is 0 Å². The Labute approximate surface area is 485 Å². The summed E-state index contributed by atoms with van der Waals surface area (Å²) in [6.45, 7) is 6.54. The monoisotopic (exact) mass is 1090 g/mol. The van der Waals surface area contributed by atoms with Crippen molar-refractivity contribution in [1.82, 2.24) is 0 Å². The zero-order chi connectivity index (χ0) is 56.4. The summed E-state index contributed by atoms with van der Waals surface area (Å²) in [5.74, 6) is -0.855. The van der Waals surface area contributed by atoms with Gasteiger partial charge in [-0.25, -0.2) is 0 Å². The SMILES string of the molecule is CC/C=C\C/C=C\C/C=C\C/C=C\C/C=C\CCCCCCCCCCCCCCCC(=O)OCC(COC(=O)CCCCCCCCC)OC(=O)CCCCCCCCCCCCCCCCCCCCCCCCCC. The van der Waals surface area contributed by atoms with Crippen molar-refractivity contribution in [3.63, 3.8) is 0 Å². The van der Waals surface area contributed by atoms with E-state index in [-0.39, 0.29) is 31.1 Å². The Bertz CT molecular complexity index is 1390. The minimum absolute atomic E-state index is 0.0692. The fraction of sp³-hybridized carbons (Fsp3) is 0.819. The lowest BCUT2D eigenvalue weighted by atomic mass is 10.0. The molecule has 78 heavy (non-hydrogen) atoms. The predicted molar refractivity (Wildman–Crippen MR) is 339 cm³/mol. The summed E-state index contributed by atoms with van der Waals surface area (Å²) in [5.41, 5.74) is 0. The Balaban J connectivity index is 4.05. The number of allylic oxidation sites excluding steroid dienone is 10. The molecule has 0 N–H and O–H groups in total. The fourth-order valence-electron chi connectivity index (χ4n) is 10.2. The summed E-state index contributed by atoms with van der Waals surface area (Å²) < 4.78 is 16.9. The van der Waals surface area contributed by atoms with E-state index >= 15 is 0 Å². The van der Waals surface area contributed by atoms with Gasteiger partial charge in [-0.3, -0.25) is 14.4 Å². The first-order chi connectivity index (χ1) is 38.5. The van der Waals surface area contributed by atoms with Gasteiger partial charge >= 0.3 is 17.9 Å². The first-order valence-electron chi connectivity index (χ1n) is 34.3. The van der Waals surface area contributed by atoms with Crippen molar-refractivity contribution >= 4 is 17.9 Å². The molecule has 0 radical (unpaired) electrons. The molecule has 0 saturated heterocycles. The van der Waals surface area contributed by atoms with Crippen LogP contribution in [0.2, 0.25) is 0 Å². The van der Waals surface area contributed by atoms with Crippen LogP contribution in [-0.4, -0.2) is 37.2 Å². The largest absolute Gasteiger partial charge is 0.462 e. The Hall–Kier alpha value is -2.89. The molecule has 0 aromatic rings. The van der Waals surface area contributed by atoms with E-state index in [1.54, 1.807) is 0 Å². The Morgan fingerprint density at radius 1 is 0.269 bits per heavy atom. The molecule has 0 aliphatic rings. The van der Waals surface area contributed by atoms with Crippen molar-refractivity contribution in [2.75, 3.05) is 13.2 Å². The van der Waals surface area contributed by atoms with Crippen LogP contribution in [0.25, 0.3) is 0 Å². The van der Waals surface area contributed by atoms with Crippen LogP contribution in [0.15, 0.2) is 60.8 Å². The smallest absolute Gasteiger partial charge is 0.306 e. The average molecular weight is 1090 g/mol. The Morgan fingerprint density at radius 2 is 0.500 bits per heavy atom. The highest BCUT2D eigenvalue weighted by molar-refractivity contribution is 5.71. The molecule has 0 fully saturated rings. The number of ether oxygens (including phenoxy) is 3. The van der Waals surface area contributed by atoms with Gasteiger partial charge in [0.2, 0.25) is 0 Å². The molecule has 0 aliphatic carbocycles. The molecule has 454 valence electrons. The molecule has 0 amide bonds. The van der Waals surface area contributed by atoms with Crippen molar-refractivity contribution < 1.29 is 28.6 Å². The van der Waals surface area contributed by atoms with Crippen molar-refractivity contribution in [1.29, 1.82) is 0 Å². The summed E-state index contributed by atoms with van der Waals surface area (Å²) in [6.07, 6.45) is 85.6. The van der Waals surface area contributed by atoms with Gasteiger partial charge in [-0.05, 0) is 64.2 Å². The Morgan fingerprint density at radius 3 is 0.782 bits per heavy atom. The van der Waals surface area contributed by atoms with Gasteiger partial charge in [-0.1, -0.05) is 338 Å². The molecule has 0 bridgehead atoms. The van der Waals surface area contributed by atoms with E-state index in [9.17, 15) is 14.4 Å². The van der Waals surface area contributed by atoms with Crippen LogP contribution in [0.4, 0.5) is 0 Å². The number of carbonyl (C=O) groups is 3. The number of esters is 3. The van der Waals surface area contributed by atoms with Gasteiger partial charge in [0.25, 0.3) is 0 Å². The quantitative estimate of drug-likeness (QED) is 0.0261. The molecular weight excluding hydrogens is 961 g/mol. The topological polar surface area (TPSA) is 78.9 Å². The molecule has 0 aromatic heterocycles. The first kappa shape index (κ1) is 75.1. The van der Waals surface area contributed by atoms with E-state index in [0.29, 0.717) is 19.3 Å². The van der Waals surface area contributed by atoms with E-state index in [4.69, 9.17) is 14.2 Å². The van der Waals surface area contributed by atoms with Crippen LogP contribution < -0.4 is 0 Å². The lowest BCUT2D eigenvalue weighted by Gasteiger charge is -2.18. The van der Waals surface area contributed by atoms with Crippen molar-refractivity contribution in [3.05, 3.63) is 60.8 Å². The normalized spacial score (nSPS) is 12.4. The maximum atomic E-state index is 12.9. The number of carbonyl (C=O) groups excluding carboxylic acids is 3. The van der Waals surface area contributed by atoms with Crippen LogP contribution in [0.1, 0.15) is 361 Å². The average Bonchev–Trinajstić information content (AvgIpc) is 3.44. The molecule has 0 aromatic carbocycles. The van der Waals surface area contributed by atoms with Gasteiger partial charge in [0.15, 0.2) is 6.10 Å². The fourth-order valence-corrected chi connectivity index (χ4v) is 10.2. The highest BCUT2D eigenvalue weighted by Gasteiger charge is 2.19. The third kappa shape index (κ3) is 63.9. The van der Waals surface area contributed by atoms with E-state index in [0.717, 1.165) is 89.9 Å². The van der Waals surface area contributed by atoms with Gasteiger partial charge in [0, 0.05) is 19.3 Å². The van der Waals surface area contributed by atoms with Gasteiger partial charge in [0.1, 0.15) is 13.2 Å². The molecule has 0 heterocycles. The molecule has 6 heteroatoms. The van der Waals surface area contributed by atoms with Gasteiger partial charge in [-0.2, -0.15) is 0 Å².